The predicted octanol–water partition coefficient (Wildman–Crippen LogP) is 4.21. The summed E-state index contributed by atoms with van der Waals surface area (Å²) < 4.78 is 117. The molecule has 0 bridgehead atoms. The molecule has 4 aromatic carbocycles. The highest BCUT2D eigenvalue weighted by molar-refractivity contribution is 7.99. The Labute approximate surface area is 304 Å². The molecule has 1 aromatic heterocycles. The third-order valence-electron chi connectivity index (χ3n) is 7.09. The Balaban J connectivity index is 1.56. The minimum absolute atomic E-state index is 0.0353. The van der Waals surface area contributed by atoms with Crippen LogP contribution in [0, 0.1) is 6.08 Å². The molecule has 0 saturated carbocycles. The van der Waals surface area contributed by atoms with Gasteiger partial charge in [0.2, 0.25) is 11.9 Å². The number of benzene rings is 4. The predicted molar refractivity (Wildman–Crippen MR) is 191 cm³/mol. The summed E-state index contributed by atoms with van der Waals surface area (Å²) in [6, 6.07) is 13.9. The van der Waals surface area contributed by atoms with Crippen molar-refractivity contribution in [2.24, 2.45) is 10.2 Å². The number of anilines is 5. The van der Waals surface area contributed by atoms with Crippen molar-refractivity contribution in [3.8, 4) is 5.75 Å². The molecule has 8 N–H and O–H groups in total. The maximum Gasteiger partial charge on any atom is 0.315 e. The van der Waals surface area contributed by atoms with Gasteiger partial charge >= 0.3 is 6.08 Å². The maximum absolute atomic E-state index is 14.7. The van der Waals surface area contributed by atoms with E-state index in [1.54, 1.807) is 35.2 Å². The number of halogens is 1. The average Bonchev–Trinajstić information content (AvgIpc) is 3.07. The fraction of sp³-hybridized carbons (Fsp3) is 0.138. The molecule has 0 aliphatic heterocycles. The number of aliphatic hydroxyl groups excluding tert-OH is 1. The van der Waals surface area contributed by atoms with Crippen LogP contribution in [0.25, 0.3) is 10.8 Å². The molecule has 1 heterocycles. The molecule has 0 unspecified atom stereocenters. The Morgan fingerprint density at radius 3 is 2.17 bits per heavy atom. The van der Waals surface area contributed by atoms with Crippen molar-refractivity contribution in [3.05, 3.63) is 72.8 Å². The highest BCUT2D eigenvalue weighted by Crippen LogP contribution is 2.44. The van der Waals surface area contributed by atoms with E-state index in [2.05, 4.69) is 30.5 Å². The molecule has 0 spiro atoms. The van der Waals surface area contributed by atoms with Gasteiger partial charge in [-0.05, 0) is 47.9 Å². The maximum atomic E-state index is 14.7. The lowest BCUT2D eigenvalue weighted by Crippen LogP contribution is -2.24. The smallest absolute Gasteiger partial charge is 0.315 e. The third-order valence-corrected chi connectivity index (χ3v) is 10.6. The molecular formula is C29H27FN8O11S4. The SMILES string of the molecule is Nc1c(S(=O)(=O)O)cc2cc(S(=O)(=O)O)cc(O)c2c1N=Nc1ccc(Nc2nc(F)nc(N(CCSCCO)c3ccccc3)n2)cc1S(=O)(=O)O. The first-order valence-electron chi connectivity index (χ1n) is 14.6. The number of phenolic OH excluding ortho intramolecular Hbond substituents is 1. The van der Waals surface area contributed by atoms with Crippen LogP contribution in [0.2, 0.25) is 0 Å². The largest absolute Gasteiger partial charge is 0.507 e. The molecule has 0 saturated heterocycles. The molecule has 0 aliphatic rings. The van der Waals surface area contributed by atoms with Crippen molar-refractivity contribution < 1.29 is 53.5 Å². The zero-order valence-electron chi connectivity index (χ0n) is 26.6. The Morgan fingerprint density at radius 2 is 1.53 bits per heavy atom. The van der Waals surface area contributed by atoms with E-state index in [0.717, 1.165) is 18.2 Å². The lowest BCUT2D eigenvalue weighted by molar-refractivity contribution is 0.322. The molecule has 0 fully saturated rings. The highest BCUT2D eigenvalue weighted by atomic mass is 32.2. The van der Waals surface area contributed by atoms with Crippen molar-refractivity contribution in [2.75, 3.05) is 40.6 Å². The summed E-state index contributed by atoms with van der Waals surface area (Å²) in [6.07, 6.45) is -1.19. The lowest BCUT2D eigenvalue weighted by Gasteiger charge is -2.23. The molecule has 5 aromatic rings. The van der Waals surface area contributed by atoms with Crippen LogP contribution in [0.3, 0.4) is 0 Å². The van der Waals surface area contributed by atoms with Crippen molar-refractivity contribution in [2.45, 2.75) is 14.7 Å². The van der Waals surface area contributed by atoms with E-state index in [1.807, 2.05) is 0 Å². The summed E-state index contributed by atoms with van der Waals surface area (Å²) in [5.41, 5.74) is 4.39. The summed E-state index contributed by atoms with van der Waals surface area (Å²) in [5, 5.41) is 29.1. The number of aromatic nitrogens is 3. The van der Waals surface area contributed by atoms with Crippen LogP contribution in [0.4, 0.5) is 44.7 Å². The number of phenols is 1. The van der Waals surface area contributed by atoms with Gasteiger partial charge in [-0.25, -0.2) is 0 Å². The van der Waals surface area contributed by atoms with Gasteiger partial charge in [0, 0.05) is 35.5 Å². The number of thioether (sulfide) groups is 1. The normalized spacial score (nSPS) is 12.4. The third kappa shape index (κ3) is 9.30. The average molecular weight is 811 g/mol. The lowest BCUT2D eigenvalue weighted by atomic mass is 10.1. The number of azo groups is 1. The molecule has 19 nitrogen and oxygen atoms in total. The Morgan fingerprint density at radius 1 is 0.830 bits per heavy atom. The van der Waals surface area contributed by atoms with Crippen LogP contribution < -0.4 is 16.0 Å². The van der Waals surface area contributed by atoms with Gasteiger partial charge in [0.25, 0.3) is 30.4 Å². The van der Waals surface area contributed by atoms with Crippen molar-refractivity contribution >= 4 is 93.2 Å². The van der Waals surface area contributed by atoms with Crippen LogP contribution in [0.5, 0.6) is 5.75 Å². The van der Waals surface area contributed by atoms with E-state index in [0.29, 0.717) is 35.9 Å². The molecule has 53 heavy (non-hydrogen) atoms. The minimum Gasteiger partial charge on any atom is -0.507 e. The van der Waals surface area contributed by atoms with Crippen LogP contribution in [-0.4, -0.2) is 88.7 Å². The number of nitrogens with zero attached hydrogens (tertiary/aromatic N) is 6. The quantitative estimate of drug-likeness (QED) is 0.0357. The second kappa shape index (κ2) is 15.5. The number of hydrogen-bond donors (Lipinski definition) is 7. The van der Waals surface area contributed by atoms with Crippen LogP contribution in [0.15, 0.2) is 91.6 Å². The van der Waals surface area contributed by atoms with E-state index in [4.69, 9.17) is 10.8 Å². The Hall–Kier alpha value is -5.08. The monoisotopic (exact) mass is 810 g/mol. The van der Waals surface area contributed by atoms with Crippen LogP contribution in [0.1, 0.15) is 0 Å². The van der Waals surface area contributed by atoms with Crippen LogP contribution >= 0.6 is 11.8 Å². The molecule has 0 aliphatic carbocycles. The number of aromatic hydroxyl groups is 1. The van der Waals surface area contributed by atoms with Gasteiger partial charge in [-0.3, -0.25) is 13.7 Å². The van der Waals surface area contributed by atoms with Crippen LogP contribution in [-0.2, 0) is 30.4 Å². The molecule has 5 rings (SSSR count). The van der Waals surface area contributed by atoms with Gasteiger partial charge in [0.05, 0.1) is 22.6 Å². The van der Waals surface area contributed by atoms with E-state index < -0.39 is 84.7 Å². The van der Waals surface area contributed by atoms with E-state index >= 15 is 0 Å². The first kappa shape index (κ1) is 39.1. The zero-order chi connectivity index (χ0) is 38.7. The molecule has 280 valence electrons. The fourth-order valence-corrected chi connectivity index (χ4v) is 7.32. The highest BCUT2D eigenvalue weighted by Gasteiger charge is 2.25. The van der Waals surface area contributed by atoms with E-state index in [9.17, 15) is 48.4 Å². The number of hydrogen-bond acceptors (Lipinski definition) is 17. The number of aliphatic hydroxyl groups is 1. The van der Waals surface area contributed by atoms with Crippen molar-refractivity contribution in [1.82, 2.24) is 15.0 Å². The van der Waals surface area contributed by atoms with Gasteiger partial charge in [0.15, 0.2) is 0 Å². The second-order valence-electron chi connectivity index (χ2n) is 10.7. The number of nitrogen functional groups attached to an aromatic ring is 1. The van der Waals surface area contributed by atoms with Crippen molar-refractivity contribution in [3.63, 3.8) is 0 Å². The fourth-order valence-electron chi connectivity index (χ4n) is 4.84. The van der Waals surface area contributed by atoms with Gasteiger partial charge in [0.1, 0.15) is 26.9 Å². The van der Waals surface area contributed by atoms with E-state index in [-0.39, 0.29) is 24.2 Å². The topological polar surface area (TPSA) is 308 Å². The van der Waals surface area contributed by atoms with Gasteiger partial charge < -0.3 is 26.2 Å². The molecule has 0 atom stereocenters. The Bertz CT molecular complexity index is 2570. The molecule has 24 heteroatoms. The number of fused-ring (bicyclic) bond motifs is 1. The summed E-state index contributed by atoms with van der Waals surface area (Å²) in [7, 11) is -15.1. The molecule has 0 radical (unpaired) electrons. The summed E-state index contributed by atoms with van der Waals surface area (Å²) in [5.74, 6) is -0.390. The number of nitrogens with two attached hydrogens (primary N) is 1. The van der Waals surface area contributed by atoms with E-state index in [1.165, 1.54) is 17.8 Å². The zero-order valence-corrected chi connectivity index (χ0v) is 29.9. The minimum atomic E-state index is -5.11. The van der Waals surface area contributed by atoms with Gasteiger partial charge in [-0.1, -0.05) is 18.2 Å². The first-order valence-corrected chi connectivity index (χ1v) is 20.1. The van der Waals surface area contributed by atoms with Gasteiger partial charge in [-0.2, -0.15) is 56.4 Å². The number of rotatable bonds is 14. The standard InChI is InChI=1S/C29H27FN8O11S4/c30-27-33-28(35-29(34-27)38(8-10-50-11-9-39)18-4-2-1-3-5-18)32-17-6-7-20(22(14-17)52(44,45)46)36-37-26-24-16(13-23(25(26)31)53(47,48)49)12-19(15-21(24)40)51(41,42)43/h1-7,12-15,39-40H,8-11,31H2,(H,41,42,43)(H,44,45,46)(H,47,48,49)(H,32,33,34,35). The summed E-state index contributed by atoms with van der Waals surface area (Å²) in [4.78, 5) is 10.5. The summed E-state index contributed by atoms with van der Waals surface area (Å²) in [6.45, 7) is 0.267. The molecule has 0 amide bonds. The first-order chi connectivity index (χ1) is 24.9. The number of para-hydroxylation sites is 1. The van der Waals surface area contributed by atoms with Gasteiger partial charge in [-0.15, -0.1) is 10.2 Å². The summed E-state index contributed by atoms with van der Waals surface area (Å²) >= 11 is 1.44. The van der Waals surface area contributed by atoms with Crippen molar-refractivity contribution in [1.29, 1.82) is 0 Å². The molecular weight excluding hydrogens is 784 g/mol. The number of nitrogens with one attached hydrogen (secondary N) is 1. The second-order valence-corrected chi connectivity index (χ2v) is 16.1. The Kier molecular flexibility index (Phi) is 11.4.